The van der Waals surface area contributed by atoms with E-state index in [1.165, 1.54) is 29.2 Å². The number of benzene rings is 1. The fraction of sp³-hybridized carbons (Fsp3) is 0.333. The summed E-state index contributed by atoms with van der Waals surface area (Å²) in [7, 11) is 1.61. The summed E-state index contributed by atoms with van der Waals surface area (Å²) in [5.41, 5.74) is 0.441. The number of nitro benzene ring substituents is 1. The largest absolute Gasteiger partial charge is 0.383 e. The molecule has 9 heteroatoms. The second kappa shape index (κ2) is 8.75. The number of nitro groups is 1. The summed E-state index contributed by atoms with van der Waals surface area (Å²) in [4.78, 5) is 26.7. The molecule has 24 heavy (non-hydrogen) atoms. The monoisotopic (exact) mass is 333 g/mol. The highest BCUT2D eigenvalue weighted by Crippen LogP contribution is 2.24. The average molecular weight is 333 g/mol. The van der Waals surface area contributed by atoms with Crippen LogP contribution in [-0.2, 0) is 4.74 Å². The van der Waals surface area contributed by atoms with Crippen LogP contribution in [0.2, 0.25) is 0 Å². The molecular weight excluding hydrogens is 314 g/mol. The molecule has 0 bridgehead atoms. The van der Waals surface area contributed by atoms with Gasteiger partial charge in [0, 0.05) is 50.8 Å². The predicted molar refractivity (Wildman–Crippen MR) is 87.3 cm³/mol. The first-order chi connectivity index (χ1) is 11.6. The Bertz CT molecular complexity index is 687. The van der Waals surface area contributed by atoms with E-state index in [4.69, 9.17) is 4.74 Å². The molecule has 0 saturated heterocycles. The molecule has 2 rings (SSSR count). The lowest BCUT2D eigenvalue weighted by molar-refractivity contribution is -0.384. The highest BCUT2D eigenvalue weighted by molar-refractivity contribution is 5.95. The number of rotatable bonds is 9. The lowest BCUT2D eigenvalue weighted by atomic mass is 10.1. The summed E-state index contributed by atoms with van der Waals surface area (Å²) >= 11 is 0. The Morgan fingerprint density at radius 3 is 2.88 bits per heavy atom. The summed E-state index contributed by atoms with van der Waals surface area (Å²) < 4.78 is 6.42. The minimum atomic E-state index is -0.515. The molecule has 1 heterocycles. The van der Waals surface area contributed by atoms with E-state index in [-0.39, 0.29) is 17.2 Å². The van der Waals surface area contributed by atoms with Gasteiger partial charge in [0.25, 0.3) is 11.6 Å². The molecule has 0 saturated carbocycles. The molecule has 0 radical (unpaired) electrons. The first-order valence-electron chi connectivity index (χ1n) is 7.38. The molecule has 2 aromatic rings. The molecule has 0 unspecified atom stereocenters. The number of imidazole rings is 1. The molecule has 1 amide bonds. The molecule has 1 aromatic carbocycles. The summed E-state index contributed by atoms with van der Waals surface area (Å²) in [5, 5.41) is 17.1. The molecule has 128 valence electrons. The Labute approximate surface area is 138 Å². The van der Waals surface area contributed by atoms with E-state index in [0.29, 0.717) is 31.9 Å². The number of carbonyl (C=O) groups excluding carboxylic acids is 1. The molecule has 0 aliphatic heterocycles. The molecule has 9 nitrogen and oxygen atoms in total. The lowest BCUT2D eigenvalue weighted by Crippen LogP contribution is -2.33. The van der Waals surface area contributed by atoms with Crippen molar-refractivity contribution in [2.24, 2.45) is 0 Å². The predicted octanol–water partition coefficient (Wildman–Crippen LogP) is 0.746. The van der Waals surface area contributed by atoms with Gasteiger partial charge in [0.05, 0.1) is 17.9 Å². The van der Waals surface area contributed by atoms with E-state index in [1.807, 2.05) is 0 Å². The Hall–Kier alpha value is -2.78. The maximum atomic E-state index is 12.1. The number of aromatic nitrogens is 2. The minimum absolute atomic E-state index is 0.154. The number of amides is 1. The van der Waals surface area contributed by atoms with Crippen LogP contribution in [0.1, 0.15) is 10.4 Å². The summed E-state index contributed by atoms with van der Waals surface area (Å²) in [6, 6.07) is 4.35. The molecule has 1 aromatic heterocycles. The third-order valence-corrected chi connectivity index (χ3v) is 3.29. The maximum Gasteiger partial charge on any atom is 0.294 e. The SMILES string of the molecule is COCCNCCNC(=O)c1ccc(-n2ccnc2)c([N+](=O)[O-])c1. The molecule has 0 fully saturated rings. The molecule has 2 N–H and O–H groups in total. The van der Waals surface area contributed by atoms with Gasteiger partial charge in [-0.15, -0.1) is 0 Å². The number of hydrogen-bond acceptors (Lipinski definition) is 6. The van der Waals surface area contributed by atoms with Crippen molar-refractivity contribution in [3.8, 4) is 5.69 Å². The Morgan fingerprint density at radius 2 is 2.21 bits per heavy atom. The lowest BCUT2D eigenvalue weighted by Gasteiger charge is -2.08. The van der Waals surface area contributed by atoms with E-state index in [1.54, 1.807) is 19.4 Å². The molecule has 0 aliphatic rings. The van der Waals surface area contributed by atoms with Crippen molar-refractivity contribution in [2.45, 2.75) is 0 Å². The smallest absolute Gasteiger partial charge is 0.294 e. The molecular formula is C15H19N5O4. The topological polar surface area (TPSA) is 111 Å². The Morgan fingerprint density at radius 1 is 1.38 bits per heavy atom. The molecule has 0 atom stereocenters. The van der Waals surface area contributed by atoms with Crippen LogP contribution in [0.5, 0.6) is 0 Å². The van der Waals surface area contributed by atoms with Crippen LogP contribution >= 0.6 is 0 Å². The first-order valence-corrected chi connectivity index (χ1v) is 7.38. The van der Waals surface area contributed by atoms with Crippen LogP contribution in [0, 0.1) is 10.1 Å². The van der Waals surface area contributed by atoms with Crippen LogP contribution in [0.4, 0.5) is 5.69 Å². The first kappa shape index (κ1) is 17.6. The fourth-order valence-electron chi connectivity index (χ4n) is 2.10. The fourth-order valence-corrected chi connectivity index (χ4v) is 2.10. The number of nitrogens with zero attached hydrogens (tertiary/aromatic N) is 3. The summed E-state index contributed by atoms with van der Waals surface area (Å²) in [6.07, 6.45) is 4.60. The summed E-state index contributed by atoms with van der Waals surface area (Å²) in [5.74, 6) is -0.358. The zero-order valence-electron chi connectivity index (χ0n) is 13.3. The van der Waals surface area contributed by atoms with Gasteiger partial charge >= 0.3 is 0 Å². The van der Waals surface area contributed by atoms with Gasteiger partial charge in [-0.1, -0.05) is 0 Å². The van der Waals surface area contributed by atoms with Gasteiger partial charge in [0.15, 0.2) is 0 Å². The average Bonchev–Trinajstić information content (AvgIpc) is 3.11. The quantitative estimate of drug-likeness (QED) is 0.398. The van der Waals surface area contributed by atoms with Crippen molar-refractivity contribution in [3.05, 3.63) is 52.6 Å². The number of nitrogens with one attached hydrogen (secondary N) is 2. The van der Waals surface area contributed by atoms with Crippen molar-refractivity contribution in [1.29, 1.82) is 0 Å². The van der Waals surface area contributed by atoms with Gasteiger partial charge in [-0.2, -0.15) is 0 Å². The zero-order valence-corrected chi connectivity index (χ0v) is 13.3. The van der Waals surface area contributed by atoms with Crippen LogP contribution in [-0.4, -0.2) is 53.7 Å². The third kappa shape index (κ3) is 4.61. The normalized spacial score (nSPS) is 10.5. The van der Waals surface area contributed by atoms with Gasteiger partial charge in [0.2, 0.25) is 0 Å². The number of ether oxygens (including phenoxy) is 1. The van der Waals surface area contributed by atoms with Crippen molar-refractivity contribution in [3.63, 3.8) is 0 Å². The van der Waals surface area contributed by atoms with Gasteiger partial charge < -0.3 is 19.9 Å². The van der Waals surface area contributed by atoms with Crippen LogP contribution in [0.25, 0.3) is 5.69 Å². The van der Waals surface area contributed by atoms with Crippen molar-refractivity contribution in [2.75, 3.05) is 33.4 Å². The standard InChI is InChI=1S/C15H19N5O4/c1-24-9-7-16-4-5-18-15(21)12-2-3-13(14(10-12)20(22)23)19-8-6-17-11-19/h2-3,6,8,10-11,16H,4-5,7,9H2,1H3,(H,18,21). The summed E-state index contributed by atoms with van der Waals surface area (Å²) in [6.45, 7) is 2.29. The van der Waals surface area contributed by atoms with E-state index in [2.05, 4.69) is 15.6 Å². The van der Waals surface area contributed by atoms with Crippen molar-refractivity contribution < 1.29 is 14.5 Å². The van der Waals surface area contributed by atoms with E-state index in [9.17, 15) is 14.9 Å². The van der Waals surface area contributed by atoms with Gasteiger partial charge in [0.1, 0.15) is 5.69 Å². The van der Waals surface area contributed by atoms with Gasteiger partial charge in [-0.25, -0.2) is 4.98 Å². The second-order valence-electron chi connectivity index (χ2n) is 4.93. The number of hydrogen-bond donors (Lipinski definition) is 2. The van der Waals surface area contributed by atoms with E-state index in [0.717, 1.165) is 0 Å². The van der Waals surface area contributed by atoms with Gasteiger partial charge in [-0.05, 0) is 12.1 Å². The molecule has 0 spiro atoms. The van der Waals surface area contributed by atoms with Crippen molar-refractivity contribution in [1.82, 2.24) is 20.2 Å². The van der Waals surface area contributed by atoms with E-state index < -0.39 is 4.92 Å². The number of methoxy groups -OCH3 is 1. The molecule has 0 aliphatic carbocycles. The highest BCUT2D eigenvalue weighted by Gasteiger charge is 2.18. The van der Waals surface area contributed by atoms with Crippen LogP contribution < -0.4 is 10.6 Å². The Kier molecular flexibility index (Phi) is 6.41. The van der Waals surface area contributed by atoms with Gasteiger partial charge in [-0.3, -0.25) is 14.9 Å². The third-order valence-electron chi connectivity index (χ3n) is 3.29. The van der Waals surface area contributed by atoms with E-state index >= 15 is 0 Å². The Balaban J connectivity index is 2.02. The number of carbonyl (C=O) groups is 1. The maximum absolute atomic E-state index is 12.1. The van der Waals surface area contributed by atoms with Crippen molar-refractivity contribution >= 4 is 11.6 Å². The van der Waals surface area contributed by atoms with Crippen LogP contribution in [0.3, 0.4) is 0 Å². The highest BCUT2D eigenvalue weighted by atomic mass is 16.6. The second-order valence-corrected chi connectivity index (χ2v) is 4.93. The minimum Gasteiger partial charge on any atom is -0.383 e. The van der Waals surface area contributed by atoms with Crippen LogP contribution in [0.15, 0.2) is 36.9 Å². The zero-order chi connectivity index (χ0) is 17.4.